The summed E-state index contributed by atoms with van der Waals surface area (Å²) >= 11 is 0. The maximum atomic E-state index is 11.2. The summed E-state index contributed by atoms with van der Waals surface area (Å²) in [6.07, 6.45) is 1.75. The van der Waals surface area contributed by atoms with Crippen molar-refractivity contribution < 1.29 is 4.79 Å². The van der Waals surface area contributed by atoms with Crippen LogP contribution in [-0.2, 0) is 0 Å². The molecule has 0 aliphatic rings. The molecule has 22 heavy (non-hydrogen) atoms. The van der Waals surface area contributed by atoms with Crippen LogP contribution < -0.4 is 16.4 Å². The molecule has 4 N–H and O–H groups in total. The summed E-state index contributed by atoms with van der Waals surface area (Å²) in [7, 11) is 0. The molecule has 0 saturated heterocycles. The summed E-state index contributed by atoms with van der Waals surface area (Å²) in [6.45, 7) is 8.04. The van der Waals surface area contributed by atoms with E-state index in [4.69, 9.17) is 5.73 Å². The van der Waals surface area contributed by atoms with Crippen LogP contribution in [0.25, 0.3) is 0 Å². The molecule has 0 bridgehead atoms. The number of aromatic nitrogens is 2. The minimum Gasteiger partial charge on any atom is -0.366 e. The molecule has 116 valence electrons. The molecule has 0 radical (unpaired) electrons. The number of carbonyl (C=O) groups is 1. The number of nitrogens with zero attached hydrogens (tertiary/aromatic N) is 2. The van der Waals surface area contributed by atoms with E-state index >= 15 is 0 Å². The quantitative estimate of drug-likeness (QED) is 0.807. The van der Waals surface area contributed by atoms with Crippen LogP contribution in [0.4, 0.5) is 17.5 Å². The van der Waals surface area contributed by atoms with Crippen molar-refractivity contribution in [1.82, 2.24) is 9.97 Å². The van der Waals surface area contributed by atoms with Crippen LogP contribution >= 0.6 is 0 Å². The van der Waals surface area contributed by atoms with Crippen LogP contribution in [0.3, 0.4) is 0 Å². The first-order valence-electron chi connectivity index (χ1n) is 7.03. The van der Waals surface area contributed by atoms with Gasteiger partial charge in [-0.2, -0.15) is 4.98 Å². The Morgan fingerprint density at radius 3 is 2.64 bits per heavy atom. The first kappa shape index (κ1) is 15.8. The van der Waals surface area contributed by atoms with Crippen molar-refractivity contribution >= 4 is 23.4 Å². The molecule has 1 aromatic heterocycles. The number of amides is 1. The zero-order valence-electron chi connectivity index (χ0n) is 13.3. The number of aryl methyl sites for hydroxylation is 1. The Morgan fingerprint density at radius 2 is 2.00 bits per heavy atom. The van der Waals surface area contributed by atoms with Crippen molar-refractivity contribution in [2.75, 3.05) is 10.6 Å². The topological polar surface area (TPSA) is 92.9 Å². The highest BCUT2D eigenvalue weighted by atomic mass is 16.1. The van der Waals surface area contributed by atoms with Gasteiger partial charge in [-0.1, -0.05) is 6.07 Å². The van der Waals surface area contributed by atoms with Crippen molar-refractivity contribution in [1.29, 1.82) is 0 Å². The molecule has 0 fully saturated rings. The smallest absolute Gasteiger partial charge is 0.248 e. The lowest BCUT2D eigenvalue weighted by atomic mass is 10.1. The van der Waals surface area contributed by atoms with Gasteiger partial charge in [0.05, 0.1) is 0 Å². The Morgan fingerprint density at radius 1 is 1.27 bits per heavy atom. The number of anilines is 3. The molecular formula is C16H21N5O. The second-order valence-electron chi connectivity index (χ2n) is 6.17. The molecule has 2 rings (SSSR count). The second-order valence-corrected chi connectivity index (χ2v) is 6.17. The van der Waals surface area contributed by atoms with Gasteiger partial charge in [-0.3, -0.25) is 4.79 Å². The minimum absolute atomic E-state index is 0.127. The fraction of sp³-hybridized carbons (Fsp3) is 0.312. The van der Waals surface area contributed by atoms with E-state index in [9.17, 15) is 4.79 Å². The molecule has 1 amide bonds. The van der Waals surface area contributed by atoms with Crippen molar-refractivity contribution in [2.24, 2.45) is 5.73 Å². The van der Waals surface area contributed by atoms with E-state index < -0.39 is 5.91 Å². The lowest BCUT2D eigenvalue weighted by molar-refractivity contribution is 0.100. The Balaban J connectivity index is 2.27. The summed E-state index contributed by atoms with van der Waals surface area (Å²) < 4.78 is 0. The first-order chi connectivity index (χ1) is 10.2. The van der Waals surface area contributed by atoms with Gasteiger partial charge in [0.15, 0.2) is 0 Å². The van der Waals surface area contributed by atoms with Gasteiger partial charge in [-0.25, -0.2) is 4.98 Å². The van der Waals surface area contributed by atoms with E-state index in [0.29, 0.717) is 17.3 Å². The number of primary amides is 1. The average Bonchev–Trinajstić information content (AvgIpc) is 2.41. The third-order valence-corrected chi connectivity index (χ3v) is 2.87. The summed E-state index contributed by atoms with van der Waals surface area (Å²) in [5.74, 6) is 0.771. The largest absolute Gasteiger partial charge is 0.366 e. The van der Waals surface area contributed by atoms with E-state index in [1.54, 1.807) is 24.4 Å². The van der Waals surface area contributed by atoms with Gasteiger partial charge in [0.1, 0.15) is 5.82 Å². The average molecular weight is 299 g/mol. The minimum atomic E-state index is -0.460. The van der Waals surface area contributed by atoms with E-state index in [0.717, 1.165) is 11.3 Å². The maximum Gasteiger partial charge on any atom is 0.248 e. The molecule has 0 unspecified atom stereocenters. The molecule has 0 aliphatic heterocycles. The van der Waals surface area contributed by atoms with Gasteiger partial charge in [0, 0.05) is 28.6 Å². The van der Waals surface area contributed by atoms with Gasteiger partial charge in [0.25, 0.3) is 0 Å². The molecule has 1 aromatic carbocycles. The van der Waals surface area contributed by atoms with Crippen molar-refractivity contribution in [2.45, 2.75) is 33.2 Å². The molecule has 0 atom stereocenters. The van der Waals surface area contributed by atoms with E-state index in [2.05, 4.69) is 20.6 Å². The highest BCUT2D eigenvalue weighted by Crippen LogP contribution is 2.21. The van der Waals surface area contributed by atoms with Crippen LogP contribution in [0, 0.1) is 6.92 Å². The second kappa shape index (κ2) is 6.01. The zero-order valence-corrected chi connectivity index (χ0v) is 13.3. The van der Waals surface area contributed by atoms with Crippen LogP contribution in [0.1, 0.15) is 36.7 Å². The normalized spacial score (nSPS) is 11.1. The van der Waals surface area contributed by atoms with E-state index in [1.165, 1.54) is 0 Å². The van der Waals surface area contributed by atoms with Gasteiger partial charge in [-0.15, -0.1) is 0 Å². The maximum absolute atomic E-state index is 11.2. The highest BCUT2D eigenvalue weighted by molar-refractivity contribution is 5.93. The predicted molar refractivity (Wildman–Crippen MR) is 88.4 cm³/mol. The van der Waals surface area contributed by atoms with Crippen LogP contribution in [-0.4, -0.2) is 21.4 Å². The Hall–Kier alpha value is -2.63. The van der Waals surface area contributed by atoms with Crippen molar-refractivity contribution in [3.05, 3.63) is 41.6 Å². The van der Waals surface area contributed by atoms with E-state index in [-0.39, 0.29) is 5.54 Å². The lowest BCUT2D eigenvalue weighted by Crippen LogP contribution is -2.27. The van der Waals surface area contributed by atoms with Crippen molar-refractivity contribution in [3.63, 3.8) is 0 Å². The lowest BCUT2D eigenvalue weighted by Gasteiger charge is -2.21. The van der Waals surface area contributed by atoms with Gasteiger partial charge in [0.2, 0.25) is 11.9 Å². The molecule has 6 heteroatoms. The Kier molecular flexibility index (Phi) is 4.30. The number of hydrogen-bond donors (Lipinski definition) is 3. The van der Waals surface area contributed by atoms with Gasteiger partial charge >= 0.3 is 0 Å². The zero-order chi connectivity index (χ0) is 16.3. The fourth-order valence-electron chi connectivity index (χ4n) is 1.85. The highest BCUT2D eigenvalue weighted by Gasteiger charge is 2.12. The SMILES string of the molecule is Cc1cnc(NC(C)(C)C)nc1Nc1cccc(C(N)=O)c1. The number of hydrogen-bond acceptors (Lipinski definition) is 5. The Bertz CT molecular complexity index is 691. The van der Waals surface area contributed by atoms with Crippen LogP contribution in [0.5, 0.6) is 0 Å². The molecular weight excluding hydrogens is 278 g/mol. The number of benzene rings is 1. The fourth-order valence-corrected chi connectivity index (χ4v) is 1.85. The number of carbonyl (C=O) groups excluding carboxylic acids is 1. The Labute approximate surface area is 130 Å². The third-order valence-electron chi connectivity index (χ3n) is 2.87. The summed E-state index contributed by atoms with van der Waals surface area (Å²) in [5.41, 5.74) is 7.28. The first-order valence-corrected chi connectivity index (χ1v) is 7.03. The number of nitrogens with two attached hydrogens (primary N) is 1. The summed E-state index contributed by atoms with van der Waals surface area (Å²) in [5, 5.41) is 6.42. The molecule has 2 aromatic rings. The van der Waals surface area contributed by atoms with Gasteiger partial charge < -0.3 is 16.4 Å². The number of rotatable bonds is 4. The van der Waals surface area contributed by atoms with Gasteiger partial charge in [-0.05, 0) is 45.9 Å². The monoisotopic (exact) mass is 299 g/mol. The van der Waals surface area contributed by atoms with E-state index in [1.807, 2.05) is 33.8 Å². The molecule has 0 spiro atoms. The summed E-state index contributed by atoms with van der Waals surface area (Å²) in [4.78, 5) is 20.0. The third kappa shape index (κ3) is 4.18. The molecule has 0 aliphatic carbocycles. The van der Waals surface area contributed by atoms with Crippen LogP contribution in [0.15, 0.2) is 30.5 Å². The number of nitrogens with one attached hydrogen (secondary N) is 2. The predicted octanol–water partition coefficient (Wildman–Crippen LogP) is 2.84. The van der Waals surface area contributed by atoms with Crippen molar-refractivity contribution in [3.8, 4) is 0 Å². The summed E-state index contributed by atoms with van der Waals surface area (Å²) in [6, 6.07) is 6.99. The molecule has 6 nitrogen and oxygen atoms in total. The molecule has 1 heterocycles. The molecule has 0 saturated carbocycles. The standard InChI is InChI=1S/C16H21N5O/c1-10-9-18-15(21-16(2,3)4)20-14(10)19-12-7-5-6-11(8-12)13(17)22/h5-9H,1-4H3,(H2,17,22)(H2,18,19,20,21). The van der Waals surface area contributed by atoms with Crippen LogP contribution in [0.2, 0.25) is 0 Å².